The first-order chi connectivity index (χ1) is 33.2. The lowest BCUT2D eigenvalue weighted by Gasteiger charge is -2.39. The van der Waals surface area contributed by atoms with Crippen LogP contribution in [0.25, 0.3) is 94.7 Å². The number of hydrogen-bond acceptors (Lipinski definition) is 4. The van der Waals surface area contributed by atoms with Gasteiger partial charge in [-0.05, 0) is 86.6 Å². The fourth-order valence-electron chi connectivity index (χ4n) is 11.1. The van der Waals surface area contributed by atoms with Crippen LogP contribution in [0.1, 0.15) is 22.3 Å². The molecule has 0 fully saturated rings. The molecule has 0 saturated heterocycles. The van der Waals surface area contributed by atoms with Gasteiger partial charge in [0.25, 0.3) is 0 Å². The van der Waals surface area contributed by atoms with Gasteiger partial charge in [0.05, 0.1) is 16.4 Å². The molecule has 67 heavy (non-hydrogen) atoms. The summed E-state index contributed by atoms with van der Waals surface area (Å²) >= 11 is 0. The second-order valence-electron chi connectivity index (χ2n) is 17.5. The molecule has 2 aliphatic rings. The third kappa shape index (κ3) is 5.52. The Morgan fingerprint density at radius 1 is 0.343 bits per heavy atom. The Kier molecular flexibility index (Phi) is 8.13. The van der Waals surface area contributed by atoms with Crippen molar-refractivity contribution >= 4 is 32.6 Å². The van der Waals surface area contributed by atoms with Gasteiger partial charge in [-0.1, -0.05) is 188 Å². The average Bonchev–Trinajstić information content (AvgIpc) is 3.89. The molecule has 0 atom stereocenters. The summed E-state index contributed by atoms with van der Waals surface area (Å²) in [6.07, 6.45) is 0. The lowest BCUT2D eigenvalue weighted by molar-refractivity contribution is 0.436. The Hall–Kier alpha value is -8.93. The zero-order valence-corrected chi connectivity index (χ0v) is 36.1. The molecular formula is C62H38N4O. The molecule has 1 spiro atoms. The zero-order chi connectivity index (χ0) is 44.1. The van der Waals surface area contributed by atoms with Crippen molar-refractivity contribution in [1.82, 2.24) is 19.5 Å². The third-order valence-corrected chi connectivity index (χ3v) is 13.9. The minimum Gasteiger partial charge on any atom is -0.457 e. The molecular weight excluding hydrogens is 817 g/mol. The molecule has 312 valence electrons. The number of fused-ring (bicyclic) bond motifs is 13. The van der Waals surface area contributed by atoms with Gasteiger partial charge in [-0.3, -0.25) is 0 Å². The first-order valence-electron chi connectivity index (χ1n) is 22.8. The van der Waals surface area contributed by atoms with Crippen LogP contribution in [0.4, 0.5) is 0 Å². The van der Waals surface area contributed by atoms with Crippen LogP contribution in [0.3, 0.4) is 0 Å². The molecule has 0 amide bonds. The second-order valence-corrected chi connectivity index (χ2v) is 17.5. The first-order valence-corrected chi connectivity index (χ1v) is 22.8. The predicted molar refractivity (Wildman–Crippen MR) is 271 cm³/mol. The standard InChI is InChI=1S/C62H38N4O/c1-3-18-40(19-4-1)59-63-60(47-25-15-20-39-17-7-8-23-44(39)47)65-61(64-59)48-26-16-29-53-58(48)49-37-41(34-36-50(49)62(53)51-27-10-13-31-56(51)67-57-32-14-11-28-52(57)62)42-33-35-46-45-24-9-12-30-54(45)66(55(46)38-42)43-21-5-2-6-22-43/h1-38H. The van der Waals surface area contributed by atoms with Crippen molar-refractivity contribution in [3.05, 3.63) is 253 Å². The maximum absolute atomic E-state index is 6.74. The fraction of sp³-hybridized carbons (Fsp3) is 0.0161. The van der Waals surface area contributed by atoms with E-state index in [0.29, 0.717) is 17.5 Å². The Morgan fingerprint density at radius 2 is 0.910 bits per heavy atom. The van der Waals surface area contributed by atoms with E-state index in [0.717, 1.165) is 89.1 Å². The van der Waals surface area contributed by atoms with E-state index in [-0.39, 0.29) is 0 Å². The van der Waals surface area contributed by atoms with E-state index in [4.69, 9.17) is 19.7 Å². The number of nitrogens with zero attached hydrogens (tertiary/aromatic N) is 4. The van der Waals surface area contributed by atoms with Crippen molar-refractivity contribution in [2.24, 2.45) is 0 Å². The van der Waals surface area contributed by atoms with Crippen molar-refractivity contribution < 1.29 is 4.74 Å². The van der Waals surface area contributed by atoms with E-state index in [1.54, 1.807) is 0 Å². The van der Waals surface area contributed by atoms with Crippen LogP contribution in [0.5, 0.6) is 11.5 Å². The fourth-order valence-corrected chi connectivity index (χ4v) is 11.1. The Labute approximate surface area is 386 Å². The number of ether oxygens (including phenoxy) is 1. The van der Waals surface area contributed by atoms with Crippen molar-refractivity contribution in [2.75, 3.05) is 0 Å². The van der Waals surface area contributed by atoms with Crippen molar-refractivity contribution in [3.8, 4) is 73.6 Å². The van der Waals surface area contributed by atoms with Gasteiger partial charge in [0.15, 0.2) is 17.5 Å². The summed E-state index contributed by atoms with van der Waals surface area (Å²) in [6, 6.07) is 82.0. The van der Waals surface area contributed by atoms with Gasteiger partial charge in [-0.2, -0.15) is 0 Å². The highest BCUT2D eigenvalue weighted by Crippen LogP contribution is 2.63. The number of para-hydroxylation sites is 4. The maximum atomic E-state index is 6.74. The van der Waals surface area contributed by atoms with Gasteiger partial charge >= 0.3 is 0 Å². The van der Waals surface area contributed by atoms with Gasteiger partial charge in [-0.15, -0.1) is 0 Å². The largest absolute Gasteiger partial charge is 0.457 e. The summed E-state index contributed by atoms with van der Waals surface area (Å²) in [4.78, 5) is 16.0. The summed E-state index contributed by atoms with van der Waals surface area (Å²) in [7, 11) is 0. The molecule has 3 heterocycles. The highest BCUT2D eigenvalue weighted by Gasteiger charge is 2.52. The normalized spacial score (nSPS) is 13.0. The first kappa shape index (κ1) is 37.4. The lowest BCUT2D eigenvalue weighted by atomic mass is 9.66. The second kappa shape index (κ2) is 14.5. The van der Waals surface area contributed by atoms with Gasteiger partial charge in [0, 0.05) is 44.3 Å². The summed E-state index contributed by atoms with van der Waals surface area (Å²) in [6.45, 7) is 0. The molecule has 0 unspecified atom stereocenters. The highest BCUT2D eigenvalue weighted by atomic mass is 16.5. The molecule has 10 aromatic carbocycles. The van der Waals surface area contributed by atoms with E-state index >= 15 is 0 Å². The van der Waals surface area contributed by atoms with Gasteiger partial charge in [-0.25, -0.2) is 15.0 Å². The lowest BCUT2D eigenvalue weighted by Crippen LogP contribution is -2.32. The molecule has 1 aliphatic carbocycles. The molecule has 14 rings (SSSR count). The molecule has 5 nitrogen and oxygen atoms in total. The van der Waals surface area contributed by atoms with Gasteiger partial charge in [0.1, 0.15) is 11.5 Å². The average molecular weight is 855 g/mol. The molecule has 1 aliphatic heterocycles. The van der Waals surface area contributed by atoms with Gasteiger partial charge < -0.3 is 9.30 Å². The molecule has 12 aromatic rings. The van der Waals surface area contributed by atoms with E-state index in [1.807, 2.05) is 18.2 Å². The van der Waals surface area contributed by atoms with Crippen LogP contribution in [0.15, 0.2) is 231 Å². The smallest absolute Gasteiger partial charge is 0.164 e. The van der Waals surface area contributed by atoms with Crippen LogP contribution in [-0.4, -0.2) is 19.5 Å². The summed E-state index contributed by atoms with van der Waals surface area (Å²) in [5, 5.41) is 4.67. The van der Waals surface area contributed by atoms with Gasteiger partial charge in [0.2, 0.25) is 0 Å². The molecule has 0 saturated carbocycles. The van der Waals surface area contributed by atoms with Crippen LogP contribution in [0, 0.1) is 0 Å². The molecule has 2 aromatic heterocycles. The topological polar surface area (TPSA) is 52.8 Å². The highest BCUT2D eigenvalue weighted by molar-refractivity contribution is 6.10. The Balaban J connectivity index is 1.06. The molecule has 0 N–H and O–H groups in total. The number of aromatic nitrogens is 4. The zero-order valence-electron chi connectivity index (χ0n) is 36.1. The van der Waals surface area contributed by atoms with Crippen LogP contribution >= 0.6 is 0 Å². The van der Waals surface area contributed by atoms with Crippen molar-refractivity contribution in [1.29, 1.82) is 0 Å². The third-order valence-electron chi connectivity index (χ3n) is 13.9. The van der Waals surface area contributed by atoms with Crippen LogP contribution in [-0.2, 0) is 5.41 Å². The molecule has 0 radical (unpaired) electrons. The van der Waals surface area contributed by atoms with E-state index in [2.05, 4.69) is 217 Å². The summed E-state index contributed by atoms with van der Waals surface area (Å²) < 4.78 is 9.13. The number of rotatable bonds is 5. The van der Waals surface area contributed by atoms with Crippen molar-refractivity contribution in [2.45, 2.75) is 5.41 Å². The SMILES string of the molecule is c1ccc(-c2nc(-c3cccc4c3-c3cc(-c5ccc6c7ccccc7n(-c7ccccc7)c6c5)ccc3C43c4ccccc4Oc4ccccc43)nc(-c3cccc4ccccc34)n2)cc1. The monoisotopic (exact) mass is 854 g/mol. The molecule has 0 bridgehead atoms. The van der Waals surface area contributed by atoms with E-state index in [1.165, 1.54) is 21.9 Å². The molecule has 5 heteroatoms. The van der Waals surface area contributed by atoms with E-state index < -0.39 is 5.41 Å². The van der Waals surface area contributed by atoms with Crippen LogP contribution < -0.4 is 4.74 Å². The minimum absolute atomic E-state index is 0.615. The van der Waals surface area contributed by atoms with Crippen molar-refractivity contribution in [3.63, 3.8) is 0 Å². The number of hydrogen-bond donors (Lipinski definition) is 0. The Morgan fingerprint density at radius 3 is 1.72 bits per heavy atom. The van der Waals surface area contributed by atoms with Crippen LogP contribution in [0.2, 0.25) is 0 Å². The Bertz CT molecular complexity index is 3920. The summed E-state index contributed by atoms with van der Waals surface area (Å²) in [5.74, 6) is 3.56. The maximum Gasteiger partial charge on any atom is 0.164 e. The predicted octanol–water partition coefficient (Wildman–Crippen LogP) is 15.3. The minimum atomic E-state index is -0.692. The summed E-state index contributed by atoms with van der Waals surface area (Å²) in [5.41, 5.74) is 14.6. The number of benzene rings is 10. The quantitative estimate of drug-likeness (QED) is 0.173. The van der Waals surface area contributed by atoms with E-state index in [9.17, 15) is 0 Å².